The standard InChI is InChI=1S/C27H23FN2O4/c1-32-20-9-5-17(6-10-20)15-34-26-23-22(14-30-27(23)31)25(33-2)21-12-18(13-29-24(21)26)11-16-3-7-19(28)8-4-16/h3-10,12-14,29,31H,11,15H2,1-2H3. The van der Waals surface area contributed by atoms with E-state index in [9.17, 15) is 9.50 Å². The number of aromatic amines is 1. The van der Waals surface area contributed by atoms with Gasteiger partial charge in [-0.2, -0.15) is 0 Å². The number of benzene rings is 3. The smallest absolute Gasteiger partial charge is 0.222 e. The number of rotatable bonds is 7. The Morgan fingerprint density at radius 2 is 1.62 bits per heavy atom. The quantitative estimate of drug-likeness (QED) is 0.325. The van der Waals surface area contributed by atoms with Crippen molar-refractivity contribution in [2.45, 2.75) is 13.0 Å². The van der Waals surface area contributed by atoms with Crippen LogP contribution in [0.3, 0.4) is 0 Å². The van der Waals surface area contributed by atoms with Gasteiger partial charge < -0.3 is 24.3 Å². The first kappa shape index (κ1) is 21.6. The van der Waals surface area contributed by atoms with Crippen LogP contribution in [0.1, 0.15) is 16.7 Å². The summed E-state index contributed by atoms with van der Waals surface area (Å²) >= 11 is 0. The fourth-order valence-electron chi connectivity index (χ4n) is 4.13. The maximum Gasteiger partial charge on any atom is 0.222 e. The number of pyridine rings is 1. The molecular weight excluding hydrogens is 435 g/mol. The number of ether oxygens (including phenoxy) is 3. The molecule has 5 aromatic rings. The first-order valence-corrected chi connectivity index (χ1v) is 10.8. The van der Waals surface area contributed by atoms with Crippen molar-refractivity contribution in [2.75, 3.05) is 14.2 Å². The first-order chi connectivity index (χ1) is 16.6. The first-order valence-electron chi connectivity index (χ1n) is 10.8. The fourth-order valence-corrected chi connectivity index (χ4v) is 4.13. The largest absolute Gasteiger partial charge is 0.497 e. The molecule has 5 rings (SSSR count). The molecule has 0 unspecified atom stereocenters. The SMILES string of the molecule is COc1ccc(COc2c3[nH]cc(Cc4ccc(F)cc4)cc3c(OC)c3cnc(O)c23)cc1. The van der Waals surface area contributed by atoms with Gasteiger partial charge in [0, 0.05) is 17.8 Å². The normalized spacial score (nSPS) is 11.1. The molecule has 0 saturated heterocycles. The summed E-state index contributed by atoms with van der Waals surface area (Å²) in [6.45, 7) is 0.288. The number of aromatic hydroxyl groups is 1. The lowest BCUT2D eigenvalue weighted by atomic mass is 10.0. The third-order valence-electron chi connectivity index (χ3n) is 5.82. The molecular formula is C27H23FN2O4. The van der Waals surface area contributed by atoms with Crippen LogP contribution in [0.2, 0.25) is 0 Å². The van der Waals surface area contributed by atoms with Crippen LogP contribution in [0.5, 0.6) is 23.1 Å². The summed E-state index contributed by atoms with van der Waals surface area (Å²) in [5, 5.41) is 12.4. The predicted molar refractivity (Wildman–Crippen MR) is 128 cm³/mol. The average molecular weight is 458 g/mol. The van der Waals surface area contributed by atoms with E-state index < -0.39 is 0 Å². The van der Waals surface area contributed by atoms with Crippen LogP contribution in [0.15, 0.2) is 67.0 Å². The molecule has 2 heterocycles. The molecule has 2 aromatic heterocycles. The van der Waals surface area contributed by atoms with Crippen LogP contribution in [-0.2, 0) is 13.0 Å². The second kappa shape index (κ2) is 8.94. The number of halogens is 1. The molecule has 0 saturated carbocycles. The van der Waals surface area contributed by atoms with E-state index in [1.165, 1.54) is 12.1 Å². The molecule has 3 aromatic carbocycles. The summed E-state index contributed by atoms with van der Waals surface area (Å²) in [7, 11) is 3.21. The Kier molecular flexibility index (Phi) is 5.67. The number of hydrogen-bond donors (Lipinski definition) is 2. The molecule has 0 fully saturated rings. The van der Waals surface area contributed by atoms with Crippen molar-refractivity contribution in [1.82, 2.24) is 9.97 Å². The van der Waals surface area contributed by atoms with Gasteiger partial charge in [-0.05, 0) is 53.4 Å². The van der Waals surface area contributed by atoms with E-state index in [4.69, 9.17) is 14.2 Å². The van der Waals surface area contributed by atoms with E-state index >= 15 is 0 Å². The van der Waals surface area contributed by atoms with Crippen molar-refractivity contribution >= 4 is 21.7 Å². The summed E-state index contributed by atoms with van der Waals surface area (Å²) in [5.41, 5.74) is 3.60. The van der Waals surface area contributed by atoms with Crippen molar-refractivity contribution in [1.29, 1.82) is 0 Å². The molecule has 0 spiro atoms. The number of H-pyrrole nitrogens is 1. The molecule has 172 valence electrons. The highest BCUT2D eigenvalue weighted by Crippen LogP contribution is 2.45. The number of nitrogens with one attached hydrogen (secondary N) is 1. The van der Waals surface area contributed by atoms with E-state index in [1.807, 2.05) is 36.5 Å². The third-order valence-corrected chi connectivity index (χ3v) is 5.82. The zero-order valence-corrected chi connectivity index (χ0v) is 18.8. The van der Waals surface area contributed by atoms with E-state index in [1.54, 1.807) is 32.5 Å². The Morgan fingerprint density at radius 3 is 2.32 bits per heavy atom. The third kappa shape index (κ3) is 3.96. The van der Waals surface area contributed by atoms with Gasteiger partial charge >= 0.3 is 0 Å². The van der Waals surface area contributed by atoms with Gasteiger partial charge in [0.15, 0.2) is 5.75 Å². The van der Waals surface area contributed by atoms with Crippen molar-refractivity contribution < 1.29 is 23.7 Å². The molecule has 7 heteroatoms. The lowest BCUT2D eigenvalue weighted by Crippen LogP contribution is -2.00. The second-order valence-electron chi connectivity index (χ2n) is 7.97. The molecule has 0 aliphatic heterocycles. The Labute approximate surface area is 195 Å². The highest BCUT2D eigenvalue weighted by molar-refractivity contribution is 6.11. The summed E-state index contributed by atoms with van der Waals surface area (Å²) in [6.07, 6.45) is 4.07. The minimum Gasteiger partial charge on any atom is -0.497 e. The van der Waals surface area contributed by atoms with Crippen LogP contribution in [0, 0.1) is 5.82 Å². The number of hydrogen-bond acceptors (Lipinski definition) is 5. The van der Waals surface area contributed by atoms with Crippen LogP contribution >= 0.6 is 0 Å². The molecule has 0 atom stereocenters. The van der Waals surface area contributed by atoms with Crippen molar-refractivity contribution in [3.63, 3.8) is 0 Å². The minimum absolute atomic E-state index is 0.122. The van der Waals surface area contributed by atoms with Crippen LogP contribution in [0.25, 0.3) is 21.7 Å². The second-order valence-corrected chi connectivity index (χ2v) is 7.97. The highest BCUT2D eigenvalue weighted by atomic mass is 19.1. The van der Waals surface area contributed by atoms with Gasteiger partial charge in [0.2, 0.25) is 5.88 Å². The Balaban J connectivity index is 1.58. The maximum absolute atomic E-state index is 13.3. The average Bonchev–Trinajstić information content (AvgIpc) is 3.24. The molecule has 0 radical (unpaired) electrons. The lowest BCUT2D eigenvalue weighted by Gasteiger charge is -2.16. The van der Waals surface area contributed by atoms with E-state index in [-0.39, 0.29) is 18.3 Å². The number of methoxy groups -OCH3 is 2. The predicted octanol–water partition coefficient (Wildman–Crippen LogP) is 5.75. The van der Waals surface area contributed by atoms with Gasteiger partial charge in [-0.3, -0.25) is 0 Å². The van der Waals surface area contributed by atoms with Gasteiger partial charge in [-0.1, -0.05) is 24.3 Å². The summed E-state index contributed by atoms with van der Waals surface area (Å²) in [5.74, 6) is 1.46. The molecule has 0 amide bonds. The number of fused-ring (bicyclic) bond motifs is 2. The summed E-state index contributed by atoms with van der Waals surface area (Å²) in [6, 6.07) is 16.0. The van der Waals surface area contributed by atoms with Crippen molar-refractivity contribution in [3.05, 3.63) is 89.5 Å². The van der Waals surface area contributed by atoms with Crippen LogP contribution in [-0.4, -0.2) is 29.3 Å². The lowest BCUT2D eigenvalue weighted by molar-refractivity contribution is 0.311. The van der Waals surface area contributed by atoms with E-state index in [0.717, 1.165) is 27.8 Å². The zero-order valence-electron chi connectivity index (χ0n) is 18.8. The Morgan fingerprint density at radius 1 is 0.882 bits per heavy atom. The summed E-state index contributed by atoms with van der Waals surface area (Å²) < 4.78 is 30.5. The van der Waals surface area contributed by atoms with Gasteiger partial charge in [0.1, 0.15) is 23.9 Å². The minimum atomic E-state index is -0.264. The monoisotopic (exact) mass is 458 g/mol. The van der Waals surface area contributed by atoms with Gasteiger partial charge in [0.25, 0.3) is 0 Å². The van der Waals surface area contributed by atoms with Crippen LogP contribution < -0.4 is 14.2 Å². The zero-order chi connectivity index (χ0) is 23.7. The van der Waals surface area contributed by atoms with Gasteiger partial charge in [0.05, 0.1) is 30.5 Å². The molecule has 0 bridgehead atoms. The van der Waals surface area contributed by atoms with E-state index in [0.29, 0.717) is 34.2 Å². The Bertz CT molecular complexity index is 1460. The van der Waals surface area contributed by atoms with Gasteiger partial charge in [-0.15, -0.1) is 0 Å². The van der Waals surface area contributed by atoms with Crippen molar-refractivity contribution in [3.8, 4) is 23.1 Å². The molecule has 0 aliphatic carbocycles. The fraction of sp³-hybridized carbons (Fsp3) is 0.148. The highest BCUT2D eigenvalue weighted by Gasteiger charge is 2.21. The Hall–Kier alpha value is -4.26. The van der Waals surface area contributed by atoms with Crippen molar-refractivity contribution in [2.24, 2.45) is 0 Å². The molecule has 6 nitrogen and oxygen atoms in total. The topological polar surface area (TPSA) is 76.6 Å². The summed E-state index contributed by atoms with van der Waals surface area (Å²) in [4.78, 5) is 7.41. The van der Waals surface area contributed by atoms with Gasteiger partial charge in [-0.25, -0.2) is 9.37 Å². The van der Waals surface area contributed by atoms with E-state index in [2.05, 4.69) is 9.97 Å². The molecule has 0 aliphatic rings. The molecule has 34 heavy (non-hydrogen) atoms. The molecule has 2 N–H and O–H groups in total. The maximum atomic E-state index is 13.3. The van der Waals surface area contributed by atoms with Crippen LogP contribution in [0.4, 0.5) is 4.39 Å². The number of aromatic nitrogens is 2. The number of nitrogens with zero attached hydrogens (tertiary/aromatic N) is 1.